The minimum atomic E-state index is -0.501. The number of nitrogens with zero attached hydrogens (tertiary/aromatic N) is 1. The Morgan fingerprint density at radius 2 is 1.51 bits per heavy atom. The molecule has 5 rings (SSSR count). The van der Waals surface area contributed by atoms with E-state index in [1.807, 2.05) is 67.6 Å². The number of hydrogen-bond acceptors (Lipinski definition) is 7. The number of aromatic nitrogens is 1. The lowest BCUT2D eigenvalue weighted by Crippen LogP contribution is -2.30. The van der Waals surface area contributed by atoms with Crippen molar-refractivity contribution < 1.29 is 19.1 Å². The Balaban J connectivity index is 1.21. The van der Waals surface area contributed by atoms with Gasteiger partial charge in [-0.3, -0.25) is 14.4 Å². The van der Waals surface area contributed by atoms with E-state index in [4.69, 9.17) is 4.74 Å². The number of anilines is 2. The van der Waals surface area contributed by atoms with E-state index >= 15 is 0 Å². The largest absolute Gasteiger partial charge is 0.496 e. The van der Waals surface area contributed by atoms with Gasteiger partial charge in [-0.05, 0) is 55.5 Å². The zero-order valence-electron chi connectivity index (χ0n) is 24.6. The van der Waals surface area contributed by atoms with Gasteiger partial charge < -0.3 is 20.7 Å². The number of amides is 3. The summed E-state index contributed by atoms with van der Waals surface area (Å²) in [7, 11) is 1.54. The molecule has 3 N–H and O–H groups in total. The minimum Gasteiger partial charge on any atom is -0.496 e. The number of methoxy groups -OCH3 is 1. The molecule has 0 unspecified atom stereocenters. The van der Waals surface area contributed by atoms with Gasteiger partial charge in [0.25, 0.3) is 11.8 Å². The molecular weight excluding hydrogens is 605 g/mol. The van der Waals surface area contributed by atoms with Crippen molar-refractivity contribution in [3.05, 3.63) is 131 Å². The normalized spacial score (nSPS) is 11.0. The Labute approximate surface area is 269 Å². The van der Waals surface area contributed by atoms with Crippen molar-refractivity contribution in [1.29, 1.82) is 0 Å². The average molecular weight is 635 g/mol. The van der Waals surface area contributed by atoms with Crippen LogP contribution >= 0.6 is 23.1 Å². The highest BCUT2D eigenvalue weighted by Crippen LogP contribution is 2.30. The van der Waals surface area contributed by atoms with Gasteiger partial charge in [0.1, 0.15) is 11.4 Å². The molecule has 3 amide bonds. The quantitative estimate of drug-likeness (QED) is 0.104. The van der Waals surface area contributed by atoms with E-state index in [2.05, 4.69) is 20.9 Å². The summed E-state index contributed by atoms with van der Waals surface area (Å²) in [5, 5.41) is 9.03. The van der Waals surface area contributed by atoms with Gasteiger partial charge in [-0.1, -0.05) is 66.7 Å². The third kappa shape index (κ3) is 8.47. The van der Waals surface area contributed by atoms with Crippen molar-refractivity contribution in [3.8, 4) is 17.0 Å². The van der Waals surface area contributed by atoms with Gasteiger partial charge in [-0.15, -0.1) is 23.1 Å². The first-order valence-corrected chi connectivity index (χ1v) is 15.8. The average Bonchev–Trinajstić information content (AvgIpc) is 3.44. The maximum absolute atomic E-state index is 13.4. The topological polar surface area (TPSA) is 109 Å². The Morgan fingerprint density at radius 3 is 2.22 bits per heavy atom. The second kappa shape index (κ2) is 15.0. The Kier molecular flexibility index (Phi) is 10.4. The van der Waals surface area contributed by atoms with Crippen LogP contribution in [0.1, 0.15) is 20.8 Å². The van der Waals surface area contributed by atoms with Gasteiger partial charge >= 0.3 is 0 Å². The Hall–Kier alpha value is -5.19. The molecule has 0 spiro atoms. The first-order chi connectivity index (χ1) is 21.9. The van der Waals surface area contributed by atoms with E-state index in [-0.39, 0.29) is 17.4 Å². The first-order valence-electron chi connectivity index (χ1n) is 14.0. The lowest BCUT2D eigenvalue weighted by Gasteiger charge is -2.13. The van der Waals surface area contributed by atoms with E-state index in [1.165, 1.54) is 23.1 Å². The van der Waals surface area contributed by atoms with Crippen LogP contribution in [0.15, 0.2) is 120 Å². The maximum atomic E-state index is 13.4. The third-order valence-corrected chi connectivity index (χ3v) is 8.44. The molecule has 4 aromatic carbocycles. The number of thiazole rings is 1. The fourth-order valence-corrected chi connectivity index (χ4v) is 5.88. The molecule has 0 atom stereocenters. The molecule has 0 radical (unpaired) electrons. The van der Waals surface area contributed by atoms with Gasteiger partial charge in [0.2, 0.25) is 5.91 Å². The van der Waals surface area contributed by atoms with Crippen molar-refractivity contribution in [2.45, 2.75) is 11.8 Å². The summed E-state index contributed by atoms with van der Waals surface area (Å²) in [4.78, 5) is 45.4. The van der Waals surface area contributed by atoms with Gasteiger partial charge in [-0.2, -0.15) is 0 Å². The van der Waals surface area contributed by atoms with E-state index < -0.39 is 11.8 Å². The van der Waals surface area contributed by atoms with Crippen LogP contribution in [0.5, 0.6) is 5.75 Å². The Morgan fingerprint density at radius 1 is 0.844 bits per heavy atom. The summed E-state index contributed by atoms with van der Waals surface area (Å²) >= 11 is 2.81. The van der Waals surface area contributed by atoms with Crippen LogP contribution in [0, 0.1) is 6.92 Å². The second-order valence-electron chi connectivity index (χ2n) is 9.73. The summed E-state index contributed by atoms with van der Waals surface area (Å²) in [5.41, 5.74) is 3.50. The van der Waals surface area contributed by atoms with Crippen molar-refractivity contribution in [1.82, 2.24) is 10.3 Å². The predicted molar refractivity (Wildman–Crippen MR) is 182 cm³/mol. The van der Waals surface area contributed by atoms with E-state index in [0.29, 0.717) is 27.7 Å². The molecule has 1 aromatic heterocycles. The van der Waals surface area contributed by atoms with Gasteiger partial charge in [0, 0.05) is 32.2 Å². The highest BCUT2D eigenvalue weighted by molar-refractivity contribution is 8.00. The summed E-state index contributed by atoms with van der Waals surface area (Å²) < 4.78 is 5.42. The van der Waals surface area contributed by atoms with Crippen LogP contribution in [-0.4, -0.2) is 35.6 Å². The summed E-state index contributed by atoms with van der Waals surface area (Å²) in [6, 6.07) is 32.9. The van der Waals surface area contributed by atoms with E-state index in [1.54, 1.807) is 61.7 Å². The fraction of sp³-hybridized carbons (Fsp3) is 0.0857. The molecule has 5 aromatic rings. The minimum absolute atomic E-state index is 0.0521. The number of thioether (sulfide) groups is 1. The van der Waals surface area contributed by atoms with Crippen molar-refractivity contribution in [2.24, 2.45) is 0 Å². The zero-order chi connectivity index (χ0) is 31.6. The molecule has 0 aliphatic heterocycles. The lowest BCUT2D eigenvalue weighted by molar-refractivity contribution is -0.114. The summed E-state index contributed by atoms with van der Waals surface area (Å²) in [5.74, 6) is -0.322. The van der Waals surface area contributed by atoms with Gasteiger partial charge in [0.05, 0.1) is 18.6 Å². The van der Waals surface area contributed by atoms with E-state index in [9.17, 15) is 14.4 Å². The van der Waals surface area contributed by atoms with Crippen molar-refractivity contribution in [2.75, 3.05) is 23.5 Å². The van der Waals surface area contributed by atoms with Crippen LogP contribution in [-0.2, 0) is 9.59 Å². The van der Waals surface area contributed by atoms with Crippen molar-refractivity contribution >= 4 is 57.7 Å². The van der Waals surface area contributed by atoms with Crippen LogP contribution < -0.4 is 20.7 Å². The predicted octanol–water partition coefficient (Wildman–Crippen LogP) is 7.27. The highest BCUT2D eigenvalue weighted by atomic mass is 32.2. The van der Waals surface area contributed by atoms with Gasteiger partial charge in [0.15, 0.2) is 5.13 Å². The SMILES string of the molecule is COc1ccccc1/C=C(\NC(=O)c1ccccc1)C(=O)Nc1ccc(SCC(=O)Nc2nc(-c3ccccc3)c(C)s2)cc1. The smallest absolute Gasteiger partial charge is 0.272 e. The fourth-order valence-electron chi connectivity index (χ4n) is 4.33. The van der Waals surface area contributed by atoms with Crippen LogP contribution in [0.25, 0.3) is 17.3 Å². The monoisotopic (exact) mass is 634 g/mol. The molecule has 0 bridgehead atoms. The highest BCUT2D eigenvalue weighted by Gasteiger charge is 2.17. The lowest BCUT2D eigenvalue weighted by atomic mass is 10.1. The number of rotatable bonds is 11. The molecule has 0 aliphatic carbocycles. The number of para-hydroxylation sites is 1. The number of nitrogens with one attached hydrogen (secondary N) is 3. The molecule has 0 aliphatic rings. The zero-order valence-corrected chi connectivity index (χ0v) is 26.2. The molecule has 0 saturated carbocycles. The third-order valence-electron chi connectivity index (χ3n) is 6.54. The number of ether oxygens (including phenoxy) is 1. The standard InChI is InChI=1S/C35H30N4O4S2/c1-23-32(24-11-5-3-6-12-24)39-35(45-23)38-31(40)22-44-28-19-17-27(18-20-28)36-34(42)29(21-26-15-9-10-16-30(26)43-2)37-33(41)25-13-7-4-8-14-25/h3-21H,22H2,1-2H3,(H,36,42)(H,37,41)(H,38,39,40)/b29-21-. The number of carbonyl (C=O) groups excluding carboxylic acids is 3. The van der Waals surface area contributed by atoms with Crippen molar-refractivity contribution in [3.63, 3.8) is 0 Å². The van der Waals surface area contributed by atoms with Crippen LogP contribution in [0.4, 0.5) is 10.8 Å². The maximum Gasteiger partial charge on any atom is 0.272 e. The number of benzene rings is 4. The van der Waals surface area contributed by atoms with Crippen LogP contribution in [0.3, 0.4) is 0 Å². The first kappa shape index (κ1) is 31.2. The van der Waals surface area contributed by atoms with Gasteiger partial charge in [-0.25, -0.2) is 4.98 Å². The van der Waals surface area contributed by atoms with E-state index in [0.717, 1.165) is 21.0 Å². The molecule has 10 heteroatoms. The molecule has 1 heterocycles. The summed E-state index contributed by atoms with van der Waals surface area (Å²) in [6.07, 6.45) is 1.57. The molecule has 0 fully saturated rings. The molecule has 0 saturated heterocycles. The number of hydrogen-bond donors (Lipinski definition) is 3. The van der Waals surface area contributed by atoms with Crippen LogP contribution in [0.2, 0.25) is 0 Å². The summed E-state index contributed by atoms with van der Waals surface area (Å²) in [6.45, 7) is 1.99. The molecule has 45 heavy (non-hydrogen) atoms. The Bertz CT molecular complexity index is 1820. The molecule has 8 nitrogen and oxygen atoms in total. The number of carbonyl (C=O) groups is 3. The number of aryl methyl sites for hydroxylation is 1. The molecular formula is C35H30N4O4S2. The second-order valence-corrected chi connectivity index (χ2v) is 12.0. The molecule has 226 valence electrons.